The van der Waals surface area contributed by atoms with Gasteiger partial charge >= 0.3 is 0 Å². The minimum absolute atomic E-state index is 0.0396. The summed E-state index contributed by atoms with van der Waals surface area (Å²) in [5.41, 5.74) is 0. The number of hydrogen-bond acceptors (Lipinski definition) is 4. The van der Waals surface area contributed by atoms with E-state index < -0.39 is 18.2 Å². The fraction of sp³-hybridized carbons (Fsp3) is 0.923. The van der Waals surface area contributed by atoms with Gasteiger partial charge in [0.25, 0.3) is 0 Å². The highest BCUT2D eigenvalue weighted by molar-refractivity contribution is 5.76. The predicted octanol–water partition coefficient (Wildman–Crippen LogP) is 20.4. The summed E-state index contributed by atoms with van der Waals surface area (Å²) in [5, 5.41) is 33.7. The monoisotopic (exact) mass is 986 g/mol. The molecule has 0 spiro atoms. The quantitative estimate of drug-likeness (QED) is 0.0361. The Hall–Kier alpha value is -1.17. The molecule has 0 aliphatic carbocycles. The van der Waals surface area contributed by atoms with Gasteiger partial charge in [0.15, 0.2) is 0 Å². The van der Waals surface area contributed by atoms with Crippen molar-refractivity contribution in [2.24, 2.45) is 0 Å². The van der Waals surface area contributed by atoms with Crippen molar-refractivity contribution in [3.63, 3.8) is 0 Å². The molecule has 0 aromatic rings. The average Bonchev–Trinajstić information content (AvgIpc) is 3.36. The fourth-order valence-corrected chi connectivity index (χ4v) is 10.4. The highest BCUT2D eigenvalue weighted by Crippen LogP contribution is 2.19. The molecule has 0 aliphatic heterocycles. The molecule has 0 radical (unpaired) electrons. The molecule has 0 saturated heterocycles. The summed E-state index contributed by atoms with van der Waals surface area (Å²) in [6.07, 6.45) is 78.0. The fourth-order valence-electron chi connectivity index (χ4n) is 10.4. The number of carbonyl (C=O) groups excluding carboxylic acids is 1. The van der Waals surface area contributed by atoms with Crippen molar-refractivity contribution in [3.8, 4) is 0 Å². The van der Waals surface area contributed by atoms with E-state index in [9.17, 15) is 20.1 Å². The molecular weight excluding hydrogens is 859 g/mol. The van der Waals surface area contributed by atoms with Gasteiger partial charge in [-0.2, -0.15) is 0 Å². The molecule has 0 fully saturated rings. The lowest BCUT2D eigenvalue weighted by Gasteiger charge is -2.23. The van der Waals surface area contributed by atoms with Crippen molar-refractivity contribution >= 4 is 5.91 Å². The zero-order valence-electron chi connectivity index (χ0n) is 47.7. The van der Waals surface area contributed by atoms with Gasteiger partial charge in [-0.05, 0) is 44.9 Å². The molecule has 0 aliphatic rings. The lowest BCUT2D eigenvalue weighted by atomic mass is 10.0. The van der Waals surface area contributed by atoms with Crippen molar-refractivity contribution in [1.82, 2.24) is 5.32 Å². The third-order valence-corrected chi connectivity index (χ3v) is 15.3. The molecular formula is C65H127NO4. The summed E-state index contributed by atoms with van der Waals surface area (Å²) < 4.78 is 0. The van der Waals surface area contributed by atoms with Gasteiger partial charge in [-0.15, -0.1) is 0 Å². The van der Waals surface area contributed by atoms with Crippen LogP contribution in [0.25, 0.3) is 0 Å². The number of unbranched alkanes of at least 4 members (excludes halogenated alkanes) is 47. The molecule has 70 heavy (non-hydrogen) atoms. The van der Waals surface area contributed by atoms with Crippen molar-refractivity contribution < 1.29 is 20.1 Å². The van der Waals surface area contributed by atoms with Gasteiger partial charge in [-0.1, -0.05) is 334 Å². The van der Waals surface area contributed by atoms with E-state index in [0.717, 1.165) is 32.1 Å². The maximum Gasteiger partial charge on any atom is 0.222 e. The summed E-state index contributed by atoms with van der Waals surface area (Å²) in [5.74, 6) is -0.277. The second-order valence-electron chi connectivity index (χ2n) is 22.4. The molecule has 0 aromatic heterocycles. The molecule has 0 aromatic carbocycles. The van der Waals surface area contributed by atoms with Crippen LogP contribution in [0.4, 0.5) is 0 Å². The van der Waals surface area contributed by atoms with Crippen LogP contribution in [0.5, 0.6) is 0 Å². The first-order valence-electron chi connectivity index (χ1n) is 32.1. The Morgan fingerprint density at radius 1 is 0.357 bits per heavy atom. The number of rotatable bonds is 60. The van der Waals surface area contributed by atoms with Gasteiger partial charge < -0.3 is 20.6 Å². The molecule has 3 unspecified atom stereocenters. The topological polar surface area (TPSA) is 89.8 Å². The lowest BCUT2D eigenvalue weighted by Crippen LogP contribution is -2.46. The van der Waals surface area contributed by atoms with E-state index in [1.165, 1.54) is 295 Å². The van der Waals surface area contributed by atoms with Crippen LogP contribution in [-0.2, 0) is 4.79 Å². The van der Waals surface area contributed by atoms with E-state index >= 15 is 0 Å². The van der Waals surface area contributed by atoms with Crippen LogP contribution in [0.15, 0.2) is 24.3 Å². The molecule has 0 rings (SSSR count). The third-order valence-electron chi connectivity index (χ3n) is 15.3. The Morgan fingerprint density at radius 3 is 0.900 bits per heavy atom. The van der Waals surface area contributed by atoms with E-state index in [1.807, 2.05) is 0 Å². The van der Waals surface area contributed by atoms with Gasteiger partial charge in [0, 0.05) is 0 Å². The molecule has 5 heteroatoms. The minimum atomic E-state index is -0.749. The van der Waals surface area contributed by atoms with Gasteiger partial charge in [0.05, 0.1) is 31.3 Å². The zero-order valence-corrected chi connectivity index (χ0v) is 47.7. The Balaban J connectivity index is 3.46. The van der Waals surface area contributed by atoms with Gasteiger partial charge in [-0.25, -0.2) is 0 Å². The Kier molecular flexibility index (Phi) is 59.4. The van der Waals surface area contributed by atoms with Gasteiger partial charge in [0.2, 0.25) is 5.91 Å². The molecule has 4 N–H and O–H groups in total. The number of carbonyl (C=O) groups is 1. The smallest absolute Gasteiger partial charge is 0.222 e. The van der Waals surface area contributed by atoms with E-state index in [4.69, 9.17) is 0 Å². The highest BCUT2D eigenvalue weighted by Gasteiger charge is 2.21. The first kappa shape index (κ1) is 68.8. The summed E-state index contributed by atoms with van der Waals surface area (Å²) in [7, 11) is 0. The predicted molar refractivity (Wildman–Crippen MR) is 310 cm³/mol. The van der Waals surface area contributed by atoms with Crippen LogP contribution in [0, 0.1) is 0 Å². The maximum atomic E-state index is 12.6. The van der Waals surface area contributed by atoms with Crippen molar-refractivity contribution in [2.45, 2.75) is 379 Å². The summed E-state index contributed by atoms with van der Waals surface area (Å²) >= 11 is 0. The number of aliphatic hydroxyl groups excluding tert-OH is 3. The Morgan fingerprint density at radius 2 is 0.614 bits per heavy atom. The van der Waals surface area contributed by atoms with Gasteiger partial charge in [-0.3, -0.25) is 4.79 Å². The number of hydrogen-bond donors (Lipinski definition) is 4. The van der Waals surface area contributed by atoms with Crippen LogP contribution in [0.3, 0.4) is 0 Å². The van der Waals surface area contributed by atoms with Crippen LogP contribution in [0.1, 0.15) is 361 Å². The minimum Gasteiger partial charge on any atom is -0.394 e. The summed E-state index contributed by atoms with van der Waals surface area (Å²) in [4.78, 5) is 12.6. The van der Waals surface area contributed by atoms with Crippen molar-refractivity contribution in [2.75, 3.05) is 6.61 Å². The summed E-state index contributed by atoms with van der Waals surface area (Å²) in [6.45, 7) is 4.31. The zero-order chi connectivity index (χ0) is 50.7. The van der Waals surface area contributed by atoms with Crippen molar-refractivity contribution in [1.29, 1.82) is 0 Å². The second-order valence-corrected chi connectivity index (χ2v) is 22.4. The number of aliphatic hydroxyl groups is 3. The first-order valence-corrected chi connectivity index (χ1v) is 32.1. The SMILES string of the molecule is CCCCCCCCCCCCCCCCC/C=C\C/C=C\CCCCCCCCCCCCCCCCCC(O)CC(=O)NC(CO)C(O)CCCCCCCCCCCCCCCCCCCC. The van der Waals surface area contributed by atoms with Crippen LogP contribution >= 0.6 is 0 Å². The molecule has 416 valence electrons. The number of amides is 1. The van der Waals surface area contributed by atoms with Crippen LogP contribution in [-0.4, -0.2) is 46.1 Å². The summed E-state index contributed by atoms with van der Waals surface area (Å²) in [6, 6.07) is -0.658. The number of nitrogens with one attached hydrogen (secondary N) is 1. The molecule has 5 nitrogen and oxygen atoms in total. The van der Waals surface area contributed by atoms with E-state index in [1.54, 1.807) is 0 Å². The van der Waals surface area contributed by atoms with Crippen LogP contribution < -0.4 is 5.32 Å². The van der Waals surface area contributed by atoms with E-state index in [-0.39, 0.29) is 18.9 Å². The average molecular weight is 987 g/mol. The lowest BCUT2D eigenvalue weighted by molar-refractivity contribution is -0.125. The standard InChI is InChI=1S/C65H127NO4/c1-3-5-7-9-11-13-15-17-19-21-23-24-25-26-27-28-29-30-31-32-33-34-35-36-37-38-39-40-41-42-44-46-48-50-52-54-56-58-62(68)60-65(70)66-63(61-67)64(69)59-57-55-53-51-49-47-45-43-22-20-18-16-14-12-10-8-6-4-2/h29-30,32-33,62-64,67-69H,3-28,31,34-61H2,1-2H3,(H,66,70)/b30-29-,33-32-. The van der Waals surface area contributed by atoms with E-state index in [0.29, 0.717) is 12.8 Å². The highest BCUT2D eigenvalue weighted by atomic mass is 16.3. The molecule has 0 bridgehead atoms. The maximum absolute atomic E-state index is 12.6. The normalized spacial score (nSPS) is 13.3. The molecule has 0 heterocycles. The third kappa shape index (κ3) is 56.1. The van der Waals surface area contributed by atoms with Crippen molar-refractivity contribution in [3.05, 3.63) is 24.3 Å². The van der Waals surface area contributed by atoms with E-state index in [2.05, 4.69) is 43.5 Å². The Bertz CT molecular complexity index is 1040. The Labute approximate surface area is 439 Å². The molecule has 1 amide bonds. The van der Waals surface area contributed by atoms with Crippen LogP contribution in [0.2, 0.25) is 0 Å². The van der Waals surface area contributed by atoms with Gasteiger partial charge in [0.1, 0.15) is 0 Å². The largest absolute Gasteiger partial charge is 0.394 e. The molecule has 3 atom stereocenters. The first-order chi connectivity index (χ1) is 34.5. The number of allylic oxidation sites excluding steroid dienone is 4. The second kappa shape index (κ2) is 60.4. The molecule has 0 saturated carbocycles.